The van der Waals surface area contributed by atoms with Gasteiger partial charge in [0.15, 0.2) is 5.78 Å². The molecule has 5 nitrogen and oxygen atoms in total. The lowest BCUT2D eigenvalue weighted by Gasteiger charge is -2.16. The average molecular weight is 369 g/mol. The summed E-state index contributed by atoms with van der Waals surface area (Å²) in [5.41, 5.74) is 2.21. The van der Waals surface area contributed by atoms with E-state index in [4.69, 9.17) is 0 Å². The van der Waals surface area contributed by atoms with Gasteiger partial charge >= 0.3 is 0 Å². The van der Waals surface area contributed by atoms with Crippen molar-refractivity contribution in [2.24, 2.45) is 7.05 Å². The number of nitrogens with one attached hydrogen (secondary N) is 1. The normalized spacial score (nSPS) is 10.8. The molecule has 0 saturated heterocycles. The zero-order valence-electron chi connectivity index (χ0n) is 15.6. The Balaban J connectivity index is 1.97. The molecule has 28 heavy (non-hydrogen) atoms. The monoisotopic (exact) mass is 369 g/mol. The van der Waals surface area contributed by atoms with Crippen molar-refractivity contribution in [2.45, 2.75) is 6.92 Å². The van der Waals surface area contributed by atoms with E-state index in [2.05, 4.69) is 10.4 Å². The quantitative estimate of drug-likeness (QED) is 0.536. The molecule has 5 heteroatoms. The standard InChI is InChI=1S/C23H19N3O2/c1-15(27)20-21(17-10-4-3-5-11-17)25-26(2)23(28)22(20)24-19-14-8-12-16-9-6-7-13-18(16)19/h3-14,24H,1-2H3. The number of nitrogens with zero attached hydrogens (tertiary/aromatic N) is 2. The predicted octanol–water partition coefficient (Wildman–Crippen LogP) is 4.55. The number of fused-ring (bicyclic) bond motifs is 1. The van der Waals surface area contributed by atoms with Crippen LogP contribution < -0.4 is 10.9 Å². The van der Waals surface area contributed by atoms with Crippen LogP contribution in [0, 0.1) is 0 Å². The van der Waals surface area contributed by atoms with Gasteiger partial charge in [-0.05, 0) is 18.4 Å². The van der Waals surface area contributed by atoms with Gasteiger partial charge in [0.25, 0.3) is 5.56 Å². The molecule has 4 rings (SSSR count). The molecule has 1 N–H and O–H groups in total. The zero-order chi connectivity index (χ0) is 19.7. The van der Waals surface area contributed by atoms with E-state index in [0.29, 0.717) is 11.3 Å². The third-order valence-electron chi connectivity index (χ3n) is 4.69. The lowest BCUT2D eigenvalue weighted by Crippen LogP contribution is -2.26. The molecule has 0 radical (unpaired) electrons. The van der Waals surface area contributed by atoms with E-state index >= 15 is 0 Å². The molecule has 1 aromatic heterocycles. The molecule has 0 bridgehead atoms. The maximum atomic E-state index is 12.9. The van der Waals surface area contributed by atoms with Crippen molar-refractivity contribution in [3.05, 3.63) is 88.7 Å². The Hall–Kier alpha value is -3.73. The topological polar surface area (TPSA) is 64.0 Å². The number of hydrogen-bond donors (Lipinski definition) is 1. The molecule has 0 aliphatic carbocycles. The minimum absolute atomic E-state index is 0.216. The molecule has 0 atom stereocenters. The second-order valence-corrected chi connectivity index (χ2v) is 6.60. The van der Waals surface area contributed by atoms with E-state index in [1.54, 1.807) is 7.05 Å². The van der Waals surface area contributed by atoms with Crippen LogP contribution in [-0.4, -0.2) is 15.6 Å². The Kier molecular flexibility index (Phi) is 4.49. The SMILES string of the molecule is CC(=O)c1c(-c2ccccc2)nn(C)c(=O)c1Nc1cccc2ccccc12. The van der Waals surface area contributed by atoms with Crippen molar-refractivity contribution in [3.63, 3.8) is 0 Å². The van der Waals surface area contributed by atoms with Crippen molar-refractivity contribution in [1.29, 1.82) is 0 Å². The first-order valence-electron chi connectivity index (χ1n) is 8.98. The number of carbonyl (C=O) groups is 1. The molecular weight excluding hydrogens is 350 g/mol. The van der Waals surface area contributed by atoms with Gasteiger partial charge in [-0.25, -0.2) is 4.68 Å². The Morgan fingerprint density at radius 2 is 1.61 bits per heavy atom. The summed E-state index contributed by atoms with van der Waals surface area (Å²) in [6.07, 6.45) is 0. The number of aryl methyl sites for hydroxylation is 1. The summed E-state index contributed by atoms with van der Waals surface area (Å²) in [6, 6.07) is 23.1. The maximum Gasteiger partial charge on any atom is 0.290 e. The van der Waals surface area contributed by atoms with Crippen molar-refractivity contribution in [3.8, 4) is 11.3 Å². The fourth-order valence-corrected chi connectivity index (χ4v) is 3.36. The van der Waals surface area contributed by atoms with Gasteiger partial charge in [0.2, 0.25) is 0 Å². The smallest absolute Gasteiger partial charge is 0.290 e. The summed E-state index contributed by atoms with van der Waals surface area (Å²) in [6.45, 7) is 1.46. The van der Waals surface area contributed by atoms with Gasteiger partial charge in [-0.1, -0.05) is 66.7 Å². The van der Waals surface area contributed by atoms with Crippen molar-refractivity contribution >= 4 is 27.9 Å². The van der Waals surface area contributed by atoms with E-state index in [0.717, 1.165) is 22.0 Å². The van der Waals surface area contributed by atoms with E-state index in [9.17, 15) is 9.59 Å². The van der Waals surface area contributed by atoms with Crippen molar-refractivity contribution < 1.29 is 4.79 Å². The lowest BCUT2D eigenvalue weighted by molar-refractivity contribution is 0.101. The van der Waals surface area contributed by atoms with Crippen LogP contribution in [0.1, 0.15) is 17.3 Å². The molecular formula is C23H19N3O2. The second kappa shape index (κ2) is 7.12. The molecule has 0 aliphatic rings. The number of rotatable bonds is 4. The largest absolute Gasteiger partial charge is 0.350 e. The third-order valence-corrected chi connectivity index (χ3v) is 4.69. The van der Waals surface area contributed by atoms with Gasteiger partial charge in [0.1, 0.15) is 11.4 Å². The fraction of sp³-hybridized carbons (Fsp3) is 0.0870. The van der Waals surface area contributed by atoms with Gasteiger partial charge in [0, 0.05) is 23.7 Å². The number of benzene rings is 3. The van der Waals surface area contributed by atoms with E-state index < -0.39 is 0 Å². The van der Waals surface area contributed by atoms with Gasteiger partial charge in [0.05, 0.1) is 5.56 Å². The number of anilines is 2. The Labute approximate surface area is 162 Å². The van der Waals surface area contributed by atoms with Crippen LogP contribution >= 0.6 is 0 Å². The van der Waals surface area contributed by atoms with Crippen molar-refractivity contribution in [1.82, 2.24) is 9.78 Å². The summed E-state index contributed by atoms with van der Waals surface area (Å²) in [5.74, 6) is -0.216. The Morgan fingerprint density at radius 1 is 0.929 bits per heavy atom. The van der Waals surface area contributed by atoms with Crippen LogP contribution in [-0.2, 0) is 7.05 Å². The summed E-state index contributed by atoms with van der Waals surface area (Å²) in [5, 5.41) is 9.61. The van der Waals surface area contributed by atoms with Crippen LogP contribution in [0.5, 0.6) is 0 Å². The van der Waals surface area contributed by atoms with Crippen LogP contribution in [0.4, 0.5) is 11.4 Å². The zero-order valence-corrected chi connectivity index (χ0v) is 15.6. The molecule has 0 spiro atoms. The molecule has 138 valence electrons. The molecule has 0 saturated carbocycles. The lowest BCUT2D eigenvalue weighted by atomic mass is 10.0. The van der Waals surface area contributed by atoms with Gasteiger partial charge in [-0.15, -0.1) is 0 Å². The summed E-state index contributed by atoms with van der Waals surface area (Å²) in [7, 11) is 1.59. The highest BCUT2D eigenvalue weighted by atomic mass is 16.1. The van der Waals surface area contributed by atoms with Crippen LogP contribution in [0.2, 0.25) is 0 Å². The first-order chi connectivity index (χ1) is 13.6. The second-order valence-electron chi connectivity index (χ2n) is 6.60. The van der Waals surface area contributed by atoms with Crippen molar-refractivity contribution in [2.75, 3.05) is 5.32 Å². The highest BCUT2D eigenvalue weighted by Crippen LogP contribution is 2.30. The minimum atomic E-state index is -0.349. The fourth-order valence-electron chi connectivity index (χ4n) is 3.36. The summed E-state index contributed by atoms with van der Waals surface area (Å²) < 4.78 is 1.27. The van der Waals surface area contributed by atoms with E-state index in [1.165, 1.54) is 11.6 Å². The highest BCUT2D eigenvalue weighted by molar-refractivity contribution is 6.06. The molecule has 0 aliphatic heterocycles. The number of ketones is 1. The highest BCUT2D eigenvalue weighted by Gasteiger charge is 2.21. The number of Topliss-reactive ketones (excluding diaryl/α,β-unsaturated/α-hetero) is 1. The Bertz CT molecular complexity index is 1240. The molecule has 4 aromatic rings. The summed E-state index contributed by atoms with van der Waals surface area (Å²) >= 11 is 0. The van der Waals surface area contributed by atoms with Gasteiger partial charge < -0.3 is 5.32 Å². The summed E-state index contributed by atoms with van der Waals surface area (Å²) in [4.78, 5) is 25.5. The first kappa shape index (κ1) is 17.7. The Morgan fingerprint density at radius 3 is 2.36 bits per heavy atom. The molecule has 0 fully saturated rings. The predicted molar refractivity (Wildman–Crippen MR) is 112 cm³/mol. The van der Waals surface area contributed by atoms with E-state index in [1.807, 2.05) is 72.8 Å². The minimum Gasteiger partial charge on any atom is -0.350 e. The van der Waals surface area contributed by atoms with Crippen LogP contribution in [0.15, 0.2) is 77.6 Å². The first-order valence-corrected chi connectivity index (χ1v) is 8.98. The van der Waals surface area contributed by atoms with Crippen LogP contribution in [0.3, 0.4) is 0 Å². The maximum absolute atomic E-state index is 12.9. The van der Waals surface area contributed by atoms with Gasteiger partial charge in [-0.3, -0.25) is 9.59 Å². The average Bonchev–Trinajstić information content (AvgIpc) is 2.71. The number of aromatic nitrogens is 2. The molecule has 3 aromatic carbocycles. The molecule has 0 amide bonds. The molecule has 1 heterocycles. The third kappa shape index (κ3) is 3.07. The van der Waals surface area contributed by atoms with E-state index in [-0.39, 0.29) is 17.0 Å². The number of carbonyl (C=O) groups excluding carboxylic acids is 1. The van der Waals surface area contributed by atoms with Gasteiger partial charge in [-0.2, -0.15) is 5.10 Å². The molecule has 0 unspecified atom stereocenters. The van der Waals surface area contributed by atoms with Crippen LogP contribution in [0.25, 0.3) is 22.0 Å². The number of hydrogen-bond acceptors (Lipinski definition) is 4.